The first-order valence-electron chi connectivity index (χ1n) is 11.9. The Morgan fingerprint density at radius 2 is 1.74 bits per heavy atom. The lowest BCUT2D eigenvalue weighted by atomic mass is 9.91. The van der Waals surface area contributed by atoms with E-state index in [1.165, 1.54) is 18.1 Å². The van der Waals surface area contributed by atoms with Gasteiger partial charge in [0.15, 0.2) is 5.11 Å². The molecule has 0 aliphatic heterocycles. The summed E-state index contributed by atoms with van der Waals surface area (Å²) in [6.45, 7) is 0. The SMILES string of the molecule is CN(C)c1nc(NC2CCC(NC(=S)Nc3ccc(Br)cc3C(F)(F)F)CC2)nc2c1CCCC2. The van der Waals surface area contributed by atoms with Gasteiger partial charge in [-0.15, -0.1) is 0 Å². The molecule has 1 heterocycles. The molecule has 3 N–H and O–H groups in total. The number of alkyl halides is 3. The smallest absolute Gasteiger partial charge is 0.362 e. The highest BCUT2D eigenvalue weighted by atomic mass is 79.9. The summed E-state index contributed by atoms with van der Waals surface area (Å²) in [5.41, 5.74) is 1.59. The topological polar surface area (TPSA) is 65.1 Å². The van der Waals surface area contributed by atoms with Crippen molar-refractivity contribution in [3.8, 4) is 0 Å². The lowest BCUT2D eigenvalue weighted by Gasteiger charge is -2.31. The second kappa shape index (κ2) is 10.9. The number of aromatic nitrogens is 2. The third-order valence-electron chi connectivity index (χ3n) is 6.52. The number of hydrogen-bond acceptors (Lipinski definition) is 5. The number of nitrogens with one attached hydrogen (secondary N) is 3. The van der Waals surface area contributed by atoms with Crippen LogP contribution >= 0.6 is 28.1 Å². The van der Waals surface area contributed by atoms with Gasteiger partial charge in [-0.25, -0.2) is 4.98 Å². The van der Waals surface area contributed by atoms with Crippen LogP contribution in [-0.4, -0.2) is 41.3 Å². The predicted molar refractivity (Wildman–Crippen MR) is 141 cm³/mol. The van der Waals surface area contributed by atoms with E-state index < -0.39 is 11.7 Å². The van der Waals surface area contributed by atoms with Gasteiger partial charge in [0, 0.05) is 36.2 Å². The van der Waals surface area contributed by atoms with Crippen molar-refractivity contribution in [3.05, 3.63) is 39.5 Å². The van der Waals surface area contributed by atoms with Crippen LogP contribution < -0.4 is 20.9 Å². The quantitative estimate of drug-likeness (QED) is 0.386. The van der Waals surface area contributed by atoms with Gasteiger partial charge in [0.2, 0.25) is 5.95 Å². The lowest BCUT2D eigenvalue weighted by molar-refractivity contribution is -0.136. The van der Waals surface area contributed by atoms with Gasteiger partial charge in [-0.1, -0.05) is 15.9 Å². The zero-order valence-electron chi connectivity index (χ0n) is 19.8. The maximum Gasteiger partial charge on any atom is 0.418 e. The van der Waals surface area contributed by atoms with E-state index in [2.05, 4.69) is 36.8 Å². The molecule has 1 aromatic carbocycles. The van der Waals surface area contributed by atoms with Gasteiger partial charge in [-0.05, 0) is 81.8 Å². The first kappa shape index (κ1) is 25.9. The largest absolute Gasteiger partial charge is 0.418 e. The minimum Gasteiger partial charge on any atom is -0.362 e. The van der Waals surface area contributed by atoms with Crippen molar-refractivity contribution in [2.24, 2.45) is 0 Å². The summed E-state index contributed by atoms with van der Waals surface area (Å²) in [5, 5.41) is 9.63. The second-order valence-corrected chi connectivity index (χ2v) is 10.7. The summed E-state index contributed by atoms with van der Waals surface area (Å²) in [6, 6.07) is 4.32. The molecule has 2 aromatic rings. The molecule has 0 amide bonds. The number of fused-ring (bicyclic) bond motifs is 1. The van der Waals surface area contributed by atoms with Crippen LogP contribution in [0.15, 0.2) is 22.7 Å². The van der Waals surface area contributed by atoms with Crippen LogP contribution in [0.5, 0.6) is 0 Å². The van der Waals surface area contributed by atoms with Gasteiger partial charge < -0.3 is 20.9 Å². The zero-order chi connectivity index (χ0) is 25.2. The van der Waals surface area contributed by atoms with Crippen LogP contribution in [0.2, 0.25) is 0 Å². The minimum absolute atomic E-state index is 0.0604. The summed E-state index contributed by atoms with van der Waals surface area (Å²) in [7, 11) is 4.03. The first-order chi connectivity index (χ1) is 16.6. The molecule has 2 aliphatic carbocycles. The third kappa shape index (κ3) is 6.55. The molecule has 4 rings (SSSR count). The van der Waals surface area contributed by atoms with Crippen LogP contribution in [0.4, 0.5) is 30.6 Å². The van der Waals surface area contributed by atoms with E-state index in [1.54, 1.807) is 6.07 Å². The molecule has 0 radical (unpaired) electrons. The number of nitrogens with zero attached hydrogens (tertiary/aromatic N) is 3. The molecule has 0 bridgehead atoms. The Labute approximate surface area is 217 Å². The van der Waals surface area contributed by atoms with E-state index in [0.717, 1.165) is 62.5 Å². The van der Waals surface area contributed by atoms with Crippen LogP contribution in [0.25, 0.3) is 0 Å². The Balaban J connectivity index is 1.32. The molecule has 0 saturated heterocycles. The average molecular weight is 572 g/mol. The Bertz CT molecular complexity index is 1070. The number of anilines is 3. The zero-order valence-corrected chi connectivity index (χ0v) is 22.2. The maximum absolute atomic E-state index is 13.4. The van der Waals surface area contributed by atoms with Gasteiger partial charge in [-0.2, -0.15) is 18.2 Å². The summed E-state index contributed by atoms with van der Waals surface area (Å²) < 4.78 is 40.5. The number of thiocarbonyl (C=S) groups is 1. The van der Waals surface area contributed by atoms with Crippen molar-refractivity contribution >= 4 is 50.7 Å². The van der Waals surface area contributed by atoms with Crippen LogP contribution in [0, 0.1) is 0 Å². The van der Waals surface area contributed by atoms with Gasteiger partial charge in [0.25, 0.3) is 0 Å². The van der Waals surface area contributed by atoms with Gasteiger partial charge in [-0.3, -0.25) is 0 Å². The molecule has 0 unspecified atom stereocenters. The highest BCUT2D eigenvalue weighted by Gasteiger charge is 2.34. The van der Waals surface area contributed by atoms with E-state index in [9.17, 15) is 13.2 Å². The molecule has 1 saturated carbocycles. The Morgan fingerprint density at radius 3 is 2.43 bits per heavy atom. The second-order valence-electron chi connectivity index (χ2n) is 9.38. The Kier molecular flexibility index (Phi) is 8.05. The van der Waals surface area contributed by atoms with Crippen molar-refractivity contribution in [3.63, 3.8) is 0 Å². The maximum atomic E-state index is 13.4. The summed E-state index contributed by atoms with van der Waals surface area (Å²) >= 11 is 8.42. The standard InChI is InChI=1S/C24H30BrF3N6S/c1-34(2)21-17-5-3-4-6-19(17)31-22(33-21)29-15-8-10-16(11-9-15)30-23(35)32-20-12-7-14(25)13-18(20)24(26,27)28/h7,12-13,15-16H,3-6,8-11H2,1-2H3,(H,29,31,33)(H2,30,32,35). The molecule has 0 spiro atoms. The number of aryl methyl sites for hydroxylation is 1. The van der Waals surface area contributed by atoms with Gasteiger partial charge in [0.1, 0.15) is 5.82 Å². The first-order valence-corrected chi connectivity index (χ1v) is 13.1. The molecule has 6 nitrogen and oxygen atoms in total. The van der Waals surface area contributed by atoms with Crippen LogP contribution in [0.1, 0.15) is 55.3 Å². The molecule has 1 aromatic heterocycles. The fourth-order valence-electron chi connectivity index (χ4n) is 4.78. The fraction of sp³-hybridized carbons (Fsp3) is 0.542. The average Bonchev–Trinajstić information content (AvgIpc) is 2.80. The number of hydrogen-bond donors (Lipinski definition) is 3. The Hall–Kier alpha value is -2.14. The highest BCUT2D eigenvalue weighted by molar-refractivity contribution is 9.10. The fourth-order valence-corrected chi connectivity index (χ4v) is 5.41. The van der Waals surface area contributed by atoms with Crippen molar-refractivity contribution in [1.29, 1.82) is 0 Å². The molecule has 1 fully saturated rings. The summed E-state index contributed by atoms with van der Waals surface area (Å²) in [6.07, 6.45) is 3.35. The van der Waals surface area contributed by atoms with E-state index in [-0.39, 0.29) is 22.9 Å². The molecular formula is C24H30BrF3N6S. The normalized spacial score (nSPS) is 20.1. The van der Waals surface area contributed by atoms with Crippen LogP contribution in [-0.2, 0) is 19.0 Å². The van der Waals surface area contributed by atoms with E-state index in [1.807, 2.05) is 14.1 Å². The van der Waals surface area contributed by atoms with Gasteiger partial charge in [0.05, 0.1) is 16.9 Å². The number of halogens is 4. The van der Waals surface area contributed by atoms with E-state index in [4.69, 9.17) is 22.2 Å². The van der Waals surface area contributed by atoms with Crippen molar-refractivity contribution in [2.75, 3.05) is 29.6 Å². The van der Waals surface area contributed by atoms with Crippen molar-refractivity contribution < 1.29 is 13.2 Å². The monoisotopic (exact) mass is 570 g/mol. The van der Waals surface area contributed by atoms with Crippen LogP contribution in [0.3, 0.4) is 0 Å². The minimum atomic E-state index is -4.48. The van der Waals surface area contributed by atoms with E-state index in [0.29, 0.717) is 10.4 Å². The number of rotatable bonds is 5. The Morgan fingerprint density at radius 1 is 1.06 bits per heavy atom. The van der Waals surface area contributed by atoms with E-state index >= 15 is 0 Å². The summed E-state index contributed by atoms with van der Waals surface area (Å²) in [4.78, 5) is 11.7. The molecule has 2 aliphatic rings. The van der Waals surface area contributed by atoms with Crippen molar-refractivity contribution in [1.82, 2.24) is 15.3 Å². The molecule has 11 heteroatoms. The molecule has 190 valence electrons. The third-order valence-corrected chi connectivity index (χ3v) is 7.23. The molecule has 0 atom stereocenters. The lowest BCUT2D eigenvalue weighted by Crippen LogP contribution is -2.42. The van der Waals surface area contributed by atoms with Crippen molar-refractivity contribution in [2.45, 2.75) is 69.6 Å². The van der Waals surface area contributed by atoms with Gasteiger partial charge >= 0.3 is 6.18 Å². The molecular weight excluding hydrogens is 541 g/mol. The number of benzene rings is 1. The highest BCUT2D eigenvalue weighted by Crippen LogP contribution is 2.36. The summed E-state index contributed by atoms with van der Waals surface area (Å²) in [5.74, 6) is 1.67. The molecule has 35 heavy (non-hydrogen) atoms. The predicted octanol–water partition coefficient (Wildman–Crippen LogP) is 5.91.